The van der Waals surface area contributed by atoms with Crippen LogP contribution in [0, 0.1) is 0 Å². The van der Waals surface area contributed by atoms with Crippen molar-refractivity contribution in [3.63, 3.8) is 0 Å². The van der Waals surface area contributed by atoms with Crippen LogP contribution in [0.15, 0.2) is 12.1 Å². The molecule has 0 spiro atoms. The fraction of sp³-hybridized carbons (Fsp3) is 0.333. The maximum atomic E-state index is 9.19. The number of hydrogen-bond donors (Lipinski definition) is 2. The Hall–Kier alpha value is -0.190. The summed E-state index contributed by atoms with van der Waals surface area (Å²) in [5.74, 6) is 0.301. The van der Waals surface area contributed by atoms with Crippen molar-refractivity contribution in [1.82, 2.24) is 0 Å². The lowest BCUT2D eigenvalue weighted by Gasteiger charge is -2.12. The molecule has 0 aliphatic rings. The summed E-state index contributed by atoms with van der Waals surface area (Å²) in [5, 5.41) is 10.2. The van der Waals surface area contributed by atoms with Crippen LogP contribution < -0.4 is 10.5 Å². The summed E-state index contributed by atoms with van der Waals surface area (Å²) >= 11 is 17.4. The van der Waals surface area contributed by atoms with Gasteiger partial charge in [0.15, 0.2) is 5.75 Å². The van der Waals surface area contributed by atoms with E-state index in [0.717, 1.165) is 0 Å². The minimum Gasteiger partial charge on any atom is -0.488 e. The summed E-state index contributed by atoms with van der Waals surface area (Å²) in [6.45, 7) is 0.153. The van der Waals surface area contributed by atoms with Gasteiger partial charge in [-0.2, -0.15) is 0 Å². The number of benzene rings is 1. The smallest absolute Gasteiger partial charge is 0.156 e. The zero-order chi connectivity index (χ0) is 11.4. The largest absolute Gasteiger partial charge is 0.488 e. The number of hydrogen-bond acceptors (Lipinski definition) is 3. The number of rotatable bonds is 4. The molecule has 0 saturated heterocycles. The third-order valence-corrected chi connectivity index (χ3v) is 2.43. The molecule has 1 rings (SSSR count). The highest BCUT2D eigenvalue weighted by Crippen LogP contribution is 2.35. The summed E-state index contributed by atoms with van der Waals surface area (Å²) in [6.07, 6.45) is -0.743. The summed E-state index contributed by atoms with van der Waals surface area (Å²) in [6, 6.07) is 3.03. The Morgan fingerprint density at radius 1 is 1.27 bits per heavy atom. The van der Waals surface area contributed by atoms with Crippen LogP contribution in [0.2, 0.25) is 15.1 Å². The molecule has 0 amide bonds. The predicted octanol–water partition coefficient (Wildman–Crippen LogP) is 2.35. The summed E-state index contributed by atoms with van der Waals surface area (Å²) in [5.41, 5.74) is 5.22. The van der Waals surface area contributed by atoms with Gasteiger partial charge in [-0.3, -0.25) is 0 Å². The highest BCUT2D eigenvalue weighted by Gasteiger charge is 2.10. The second-order valence-electron chi connectivity index (χ2n) is 2.90. The molecule has 0 heterocycles. The zero-order valence-electron chi connectivity index (χ0n) is 7.71. The van der Waals surface area contributed by atoms with Gasteiger partial charge in [0.25, 0.3) is 0 Å². The molecular formula is C9H10Cl3NO2. The lowest BCUT2D eigenvalue weighted by molar-refractivity contribution is 0.114. The maximum absolute atomic E-state index is 9.19. The molecule has 0 bridgehead atoms. The van der Waals surface area contributed by atoms with E-state index in [1.807, 2.05) is 0 Å². The molecule has 0 aromatic heterocycles. The number of halogens is 3. The van der Waals surface area contributed by atoms with Crippen LogP contribution in [-0.2, 0) is 0 Å². The molecule has 15 heavy (non-hydrogen) atoms. The lowest BCUT2D eigenvalue weighted by Crippen LogP contribution is -2.26. The van der Waals surface area contributed by atoms with Crippen LogP contribution in [-0.4, -0.2) is 24.4 Å². The van der Waals surface area contributed by atoms with E-state index in [-0.39, 0.29) is 13.2 Å². The van der Waals surface area contributed by atoms with E-state index in [0.29, 0.717) is 20.8 Å². The molecule has 1 aromatic carbocycles. The predicted molar refractivity (Wildman–Crippen MR) is 62.0 cm³/mol. The molecule has 0 aliphatic carbocycles. The highest BCUT2D eigenvalue weighted by molar-refractivity contribution is 6.40. The van der Waals surface area contributed by atoms with E-state index < -0.39 is 6.10 Å². The quantitative estimate of drug-likeness (QED) is 0.883. The van der Waals surface area contributed by atoms with Gasteiger partial charge in [0.2, 0.25) is 0 Å². The van der Waals surface area contributed by atoms with Crippen molar-refractivity contribution in [2.75, 3.05) is 13.2 Å². The van der Waals surface area contributed by atoms with Gasteiger partial charge in [0.05, 0.1) is 10.0 Å². The molecular weight excluding hydrogens is 260 g/mol. The van der Waals surface area contributed by atoms with E-state index >= 15 is 0 Å². The summed E-state index contributed by atoms with van der Waals surface area (Å²) in [7, 11) is 0. The van der Waals surface area contributed by atoms with Crippen molar-refractivity contribution < 1.29 is 9.84 Å². The van der Waals surface area contributed by atoms with E-state index in [1.165, 1.54) is 12.1 Å². The SMILES string of the molecule is NC[C@@H](O)COc1c(Cl)cc(Cl)cc1Cl. The van der Waals surface area contributed by atoms with Gasteiger partial charge in [-0.1, -0.05) is 34.8 Å². The average molecular weight is 271 g/mol. The van der Waals surface area contributed by atoms with Crippen LogP contribution in [0.25, 0.3) is 0 Å². The molecule has 0 fully saturated rings. The number of nitrogens with two attached hydrogens (primary N) is 1. The molecule has 0 saturated carbocycles. The van der Waals surface area contributed by atoms with Crippen molar-refractivity contribution >= 4 is 34.8 Å². The van der Waals surface area contributed by atoms with Crippen LogP contribution in [0.3, 0.4) is 0 Å². The number of aliphatic hydroxyl groups excluding tert-OH is 1. The van der Waals surface area contributed by atoms with E-state index in [4.69, 9.17) is 45.3 Å². The highest BCUT2D eigenvalue weighted by atomic mass is 35.5. The molecule has 0 unspecified atom stereocenters. The summed E-state index contributed by atoms with van der Waals surface area (Å²) in [4.78, 5) is 0. The third kappa shape index (κ3) is 3.70. The van der Waals surface area contributed by atoms with Gasteiger partial charge >= 0.3 is 0 Å². The van der Waals surface area contributed by atoms with Gasteiger partial charge in [-0.25, -0.2) is 0 Å². The molecule has 0 radical (unpaired) electrons. The first kappa shape index (κ1) is 12.9. The lowest BCUT2D eigenvalue weighted by atomic mass is 10.3. The molecule has 6 heteroatoms. The monoisotopic (exact) mass is 269 g/mol. The standard InChI is InChI=1S/C9H10Cl3NO2/c10-5-1-7(11)9(8(12)2-5)15-4-6(14)3-13/h1-2,6,14H,3-4,13H2/t6-/m1/s1. The normalized spacial score (nSPS) is 12.6. The topological polar surface area (TPSA) is 55.5 Å². The first-order valence-electron chi connectivity index (χ1n) is 4.20. The Kier molecular flexibility index (Phi) is 4.96. The van der Waals surface area contributed by atoms with E-state index in [2.05, 4.69) is 0 Å². The first-order chi connectivity index (χ1) is 7.04. The molecule has 84 valence electrons. The van der Waals surface area contributed by atoms with Crippen molar-refractivity contribution in [2.24, 2.45) is 5.73 Å². The van der Waals surface area contributed by atoms with Gasteiger partial charge in [0.1, 0.15) is 12.7 Å². The average Bonchev–Trinajstić information content (AvgIpc) is 2.15. The Balaban J connectivity index is 2.77. The van der Waals surface area contributed by atoms with Crippen molar-refractivity contribution in [1.29, 1.82) is 0 Å². The minimum absolute atomic E-state index is 0.0393. The molecule has 3 nitrogen and oxygen atoms in total. The number of ether oxygens (including phenoxy) is 1. The third-order valence-electron chi connectivity index (χ3n) is 1.66. The van der Waals surface area contributed by atoms with E-state index in [1.54, 1.807) is 0 Å². The molecule has 3 N–H and O–H groups in total. The molecule has 0 aliphatic heterocycles. The van der Waals surface area contributed by atoms with Gasteiger partial charge in [0, 0.05) is 11.6 Å². The molecule has 1 aromatic rings. The fourth-order valence-electron chi connectivity index (χ4n) is 0.914. The van der Waals surface area contributed by atoms with Gasteiger partial charge < -0.3 is 15.6 Å². The Morgan fingerprint density at radius 2 is 1.80 bits per heavy atom. The second-order valence-corrected chi connectivity index (χ2v) is 4.15. The van der Waals surface area contributed by atoms with E-state index in [9.17, 15) is 5.11 Å². The number of aliphatic hydroxyl groups is 1. The van der Waals surface area contributed by atoms with Crippen LogP contribution >= 0.6 is 34.8 Å². The Morgan fingerprint density at radius 3 is 2.27 bits per heavy atom. The van der Waals surface area contributed by atoms with Crippen molar-refractivity contribution in [3.05, 3.63) is 27.2 Å². The van der Waals surface area contributed by atoms with Gasteiger partial charge in [-0.15, -0.1) is 0 Å². The molecule has 1 atom stereocenters. The minimum atomic E-state index is -0.743. The first-order valence-corrected chi connectivity index (χ1v) is 5.33. The van der Waals surface area contributed by atoms with Crippen molar-refractivity contribution in [3.8, 4) is 5.75 Å². The van der Waals surface area contributed by atoms with Crippen LogP contribution in [0.5, 0.6) is 5.75 Å². The fourth-order valence-corrected chi connectivity index (χ4v) is 1.84. The van der Waals surface area contributed by atoms with Crippen LogP contribution in [0.1, 0.15) is 0 Å². The Labute approximate surface area is 103 Å². The second kappa shape index (κ2) is 5.77. The summed E-state index contributed by atoms with van der Waals surface area (Å²) < 4.78 is 5.22. The zero-order valence-corrected chi connectivity index (χ0v) is 9.98. The van der Waals surface area contributed by atoms with Crippen molar-refractivity contribution in [2.45, 2.75) is 6.10 Å². The van der Waals surface area contributed by atoms with Gasteiger partial charge in [-0.05, 0) is 12.1 Å². The Bertz CT molecular complexity index is 323. The van der Waals surface area contributed by atoms with Crippen LogP contribution in [0.4, 0.5) is 0 Å². The maximum Gasteiger partial charge on any atom is 0.156 e.